The van der Waals surface area contributed by atoms with Crippen LogP contribution < -0.4 is 5.32 Å². The predicted molar refractivity (Wildman–Crippen MR) is 72.0 cm³/mol. The highest BCUT2D eigenvalue weighted by Crippen LogP contribution is 2.24. The third-order valence-electron chi connectivity index (χ3n) is 2.96. The smallest absolute Gasteiger partial charge is 0.128 e. The highest BCUT2D eigenvalue weighted by molar-refractivity contribution is 5.41. The van der Waals surface area contributed by atoms with Crippen molar-refractivity contribution < 1.29 is 8.78 Å². The second-order valence-corrected chi connectivity index (χ2v) is 4.31. The van der Waals surface area contributed by atoms with E-state index in [-0.39, 0.29) is 11.6 Å². The molecule has 0 aliphatic rings. The molecule has 0 aliphatic carbocycles. The highest BCUT2D eigenvalue weighted by atomic mass is 19.1. The molecular formula is C15H13F2N3. The number of hydrogen-bond acceptors (Lipinski definition) is 3. The number of rotatable bonds is 4. The molecule has 1 aromatic carbocycles. The van der Waals surface area contributed by atoms with Crippen molar-refractivity contribution in [3.05, 3.63) is 59.3 Å². The van der Waals surface area contributed by atoms with Crippen molar-refractivity contribution in [1.29, 1.82) is 5.26 Å². The maximum absolute atomic E-state index is 13.8. The van der Waals surface area contributed by atoms with E-state index < -0.39 is 11.6 Å². The van der Waals surface area contributed by atoms with E-state index >= 15 is 0 Å². The molecule has 0 saturated heterocycles. The standard InChI is InChI=1S/C15H13F2N3/c1-2-14(12-7-11(16)4-5-13(12)17)20-15-6-3-10(8-18)9-19-15/h3-7,9,14H,2H2,1H3,(H,19,20). The molecule has 0 aliphatic heterocycles. The van der Waals surface area contributed by atoms with E-state index in [1.807, 2.05) is 13.0 Å². The average Bonchev–Trinajstić information content (AvgIpc) is 2.48. The third kappa shape index (κ3) is 3.09. The van der Waals surface area contributed by atoms with Crippen LogP contribution in [-0.4, -0.2) is 4.98 Å². The van der Waals surface area contributed by atoms with Crippen LogP contribution in [0.1, 0.15) is 30.5 Å². The van der Waals surface area contributed by atoms with Crippen molar-refractivity contribution in [3.63, 3.8) is 0 Å². The first kappa shape index (κ1) is 13.9. The second kappa shape index (κ2) is 6.11. The van der Waals surface area contributed by atoms with E-state index in [1.165, 1.54) is 12.3 Å². The van der Waals surface area contributed by atoms with Gasteiger partial charge in [0, 0.05) is 11.8 Å². The maximum atomic E-state index is 13.8. The Hall–Kier alpha value is -2.48. The van der Waals surface area contributed by atoms with Crippen molar-refractivity contribution in [1.82, 2.24) is 4.98 Å². The molecule has 1 N–H and O–H groups in total. The lowest BCUT2D eigenvalue weighted by Crippen LogP contribution is -2.12. The fraction of sp³-hybridized carbons (Fsp3) is 0.200. The van der Waals surface area contributed by atoms with Crippen molar-refractivity contribution in [2.24, 2.45) is 0 Å². The molecule has 3 nitrogen and oxygen atoms in total. The van der Waals surface area contributed by atoms with E-state index in [9.17, 15) is 8.78 Å². The molecule has 0 saturated carbocycles. The van der Waals surface area contributed by atoms with Crippen LogP contribution in [0.3, 0.4) is 0 Å². The molecule has 0 amide bonds. The fourth-order valence-corrected chi connectivity index (χ4v) is 1.91. The molecule has 0 fully saturated rings. The average molecular weight is 273 g/mol. The summed E-state index contributed by atoms with van der Waals surface area (Å²) in [5, 5.41) is 11.7. The van der Waals surface area contributed by atoms with Gasteiger partial charge in [-0.05, 0) is 36.8 Å². The molecule has 0 radical (unpaired) electrons. The Morgan fingerprint density at radius 2 is 2.10 bits per heavy atom. The Bertz CT molecular complexity index is 633. The summed E-state index contributed by atoms with van der Waals surface area (Å²) in [5.41, 5.74) is 0.708. The summed E-state index contributed by atoms with van der Waals surface area (Å²) in [5.74, 6) is -0.423. The van der Waals surface area contributed by atoms with Gasteiger partial charge in [0.1, 0.15) is 23.5 Å². The molecule has 1 aromatic heterocycles. The first-order valence-corrected chi connectivity index (χ1v) is 6.21. The molecule has 5 heteroatoms. The number of nitrogens with zero attached hydrogens (tertiary/aromatic N) is 2. The number of hydrogen-bond donors (Lipinski definition) is 1. The van der Waals surface area contributed by atoms with Gasteiger partial charge >= 0.3 is 0 Å². The number of aromatic nitrogens is 1. The van der Waals surface area contributed by atoms with Gasteiger partial charge in [-0.2, -0.15) is 5.26 Å². The normalized spacial score (nSPS) is 11.7. The molecular weight excluding hydrogens is 260 g/mol. The van der Waals surface area contributed by atoms with Crippen LogP contribution in [0.2, 0.25) is 0 Å². The first-order valence-electron chi connectivity index (χ1n) is 6.21. The Labute approximate surface area is 115 Å². The van der Waals surface area contributed by atoms with Gasteiger partial charge in [-0.3, -0.25) is 0 Å². The van der Waals surface area contributed by atoms with Crippen LogP contribution in [0.15, 0.2) is 36.5 Å². The predicted octanol–water partition coefficient (Wildman–Crippen LogP) is 3.79. The molecule has 0 bridgehead atoms. The minimum Gasteiger partial charge on any atom is -0.363 e. The molecule has 102 valence electrons. The largest absolute Gasteiger partial charge is 0.363 e. The topological polar surface area (TPSA) is 48.7 Å². The van der Waals surface area contributed by atoms with Crippen molar-refractivity contribution >= 4 is 5.82 Å². The summed E-state index contributed by atoms with van der Waals surface area (Å²) < 4.78 is 27.0. The van der Waals surface area contributed by atoms with Gasteiger partial charge in [0.25, 0.3) is 0 Å². The minimum absolute atomic E-state index is 0.263. The summed E-state index contributed by atoms with van der Waals surface area (Å²) in [6.45, 7) is 1.87. The molecule has 1 heterocycles. The van der Waals surface area contributed by atoms with E-state index in [2.05, 4.69) is 10.3 Å². The van der Waals surface area contributed by atoms with Gasteiger partial charge in [0.05, 0.1) is 11.6 Å². The lowest BCUT2D eigenvalue weighted by atomic mass is 10.0. The third-order valence-corrected chi connectivity index (χ3v) is 2.96. The van der Waals surface area contributed by atoms with Gasteiger partial charge in [0.15, 0.2) is 0 Å². The number of nitrogens with one attached hydrogen (secondary N) is 1. The zero-order chi connectivity index (χ0) is 14.5. The van der Waals surface area contributed by atoms with Crippen molar-refractivity contribution in [2.45, 2.75) is 19.4 Å². The second-order valence-electron chi connectivity index (χ2n) is 4.31. The maximum Gasteiger partial charge on any atom is 0.128 e. The monoisotopic (exact) mass is 273 g/mol. The summed E-state index contributed by atoms with van der Waals surface area (Å²) in [6.07, 6.45) is 2.00. The summed E-state index contributed by atoms with van der Waals surface area (Å²) in [4.78, 5) is 4.07. The van der Waals surface area contributed by atoms with Crippen LogP contribution >= 0.6 is 0 Å². The van der Waals surface area contributed by atoms with E-state index in [1.54, 1.807) is 12.1 Å². The molecule has 2 rings (SSSR count). The number of anilines is 1. The molecule has 0 spiro atoms. The lowest BCUT2D eigenvalue weighted by molar-refractivity contribution is 0.566. The van der Waals surface area contributed by atoms with Gasteiger partial charge in [-0.1, -0.05) is 6.92 Å². The van der Waals surface area contributed by atoms with Gasteiger partial charge in [0.2, 0.25) is 0 Å². The SMILES string of the molecule is CCC(Nc1ccc(C#N)cn1)c1cc(F)ccc1F. The van der Waals surface area contributed by atoms with Crippen LogP contribution in [0.5, 0.6) is 0 Å². The number of nitriles is 1. The van der Waals surface area contributed by atoms with E-state index in [0.717, 1.165) is 12.1 Å². The van der Waals surface area contributed by atoms with E-state index in [4.69, 9.17) is 5.26 Å². The molecule has 1 unspecified atom stereocenters. The molecule has 1 atom stereocenters. The zero-order valence-electron chi connectivity index (χ0n) is 10.9. The van der Waals surface area contributed by atoms with Crippen LogP contribution in [0.25, 0.3) is 0 Å². The lowest BCUT2D eigenvalue weighted by Gasteiger charge is -2.18. The Morgan fingerprint density at radius 1 is 1.30 bits per heavy atom. The Balaban J connectivity index is 2.24. The number of halogens is 2. The first-order chi connectivity index (χ1) is 9.63. The number of benzene rings is 1. The number of pyridine rings is 1. The summed E-state index contributed by atoms with van der Waals surface area (Å²) in [7, 11) is 0. The zero-order valence-corrected chi connectivity index (χ0v) is 10.9. The summed E-state index contributed by atoms with van der Waals surface area (Å²) >= 11 is 0. The van der Waals surface area contributed by atoms with Crippen molar-refractivity contribution in [3.8, 4) is 6.07 Å². The summed E-state index contributed by atoms with van der Waals surface area (Å²) in [6, 6.07) is 8.22. The Kier molecular flexibility index (Phi) is 4.26. The quantitative estimate of drug-likeness (QED) is 0.921. The molecule has 2 aromatic rings. The Morgan fingerprint density at radius 3 is 2.70 bits per heavy atom. The van der Waals surface area contributed by atoms with Crippen LogP contribution in [0, 0.1) is 23.0 Å². The van der Waals surface area contributed by atoms with Gasteiger partial charge in [-0.25, -0.2) is 13.8 Å². The highest BCUT2D eigenvalue weighted by Gasteiger charge is 2.15. The fourth-order valence-electron chi connectivity index (χ4n) is 1.91. The van der Waals surface area contributed by atoms with Gasteiger partial charge < -0.3 is 5.32 Å². The van der Waals surface area contributed by atoms with Crippen LogP contribution in [-0.2, 0) is 0 Å². The van der Waals surface area contributed by atoms with E-state index in [0.29, 0.717) is 17.8 Å². The van der Waals surface area contributed by atoms with Gasteiger partial charge in [-0.15, -0.1) is 0 Å². The van der Waals surface area contributed by atoms with Crippen LogP contribution in [0.4, 0.5) is 14.6 Å². The minimum atomic E-state index is -0.477. The molecule has 20 heavy (non-hydrogen) atoms. The van der Waals surface area contributed by atoms with Crippen molar-refractivity contribution in [2.75, 3.05) is 5.32 Å².